The van der Waals surface area contributed by atoms with Gasteiger partial charge in [0, 0.05) is 44.2 Å². The third-order valence-corrected chi connectivity index (χ3v) is 13.4. The summed E-state index contributed by atoms with van der Waals surface area (Å²) in [4.78, 5) is 4.93. The predicted octanol–water partition coefficient (Wildman–Crippen LogP) is 14.9. The highest BCUT2D eigenvalue weighted by Gasteiger charge is 2.26. The third kappa shape index (κ3) is 5.63. The number of hydrogen-bond donors (Lipinski definition) is 0. The summed E-state index contributed by atoms with van der Waals surface area (Å²) in [5, 5.41) is 11.5. The SMILES string of the molecule is C[Si](C)(C)c1ccc(N(c2ccccc2)c2ccc3ccc4ccc(N(c5ccccc5)c5ccccc5-c5ccccc5)c5c6ccccc6c2c3c45)cc1. The van der Waals surface area contributed by atoms with Gasteiger partial charge in [0.1, 0.15) is 0 Å². The summed E-state index contributed by atoms with van der Waals surface area (Å²) < 4.78 is 0. The van der Waals surface area contributed by atoms with E-state index >= 15 is 0 Å². The lowest BCUT2D eigenvalue weighted by atomic mass is 9.87. The zero-order valence-electron chi connectivity index (χ0n) is 31.9. The Kier molecular flexibility index (Phi) is 8.20. The molecule has 0 aromatic heterocycles. The van der Waals surface area contributed by atoms with Gasteiger partial charge in [-0.05, 0) is 81.7 Å². The van der Waals surface area contributed by atoms with Crippen LogP contribution in [-0.4, -0.2) is 8.07 Å². The molecule has 268 valence electrons. The summed E-state index contributed by atoms with van der Waals surface area (Å²) in [7, 11) is -1.48. The van der Waals surface area contributed by atoms with E-state index in [2.05, 4.69) is 230 Å². The molecular weight excluding hydrogens is 693 g/mol. The van der Waals surface area contributed by atoms with Crippen molar-refractivity contribution in [3.05, 3.63) is 200 Å². The minimum absolute atomic E-state index is 1.12. The summed E-state index contributed by atoms with van der Waals surface area (Å²) in [6.07, 6.45) is 0. The average molecular weight is 735 g/mol. The molecule has 0 atom stereocenters. The van der Waals surface area contributed by atoms with Crippen LogP contribution in [0.1, 0.15) is 0 Å². The molecule has 10 aromatic carbocycles. The van der Waals surface area contributed by atoms with Crippen molar-refractivity contribution in [1.29, 1.82) is 0 Å². The van der Waals surface area contributed by atoms with Crippen LogP contribution >= 0.6 is 0 Å². The van der Waals surface area contributed by atoms with Gasteiger partial charge in [0.25, 0.3) is 0 Å². The first-order valence-corrected chi connectivity index (χ1v) is 23.0. The zero-order chi connectivity index (χ0) is 37.8. The lowest BCUT2D eigenvalue weighted by Gasteiger charge is -2.31. The Bertz CT molecular complexity index is 2990. The van der Waals surface area contributed by atoms with Crippen molar-refractivity contribution in [1.82, 2.24) is 0 Å². The van der Waals surface area contributed by atoms with E-state index in [1.807, 2.05) is 0 Å². The predicted molar refractivity (Wildman–Crippen MR) is 245 cm³/mol. The molecule has 10 aromatic rings. The Morgan fingerprint density at radius 1 is 0.321 bits per heavy atom. The zero-order valence-corrected chi connectivity index (χ0v) is 32.9. The molecule has 0 bridgehead atoms. The minimum atomic E-state index is -1.48. The Labute approximate surface area is 329 Å². The van der Waals surface area contributed by atoms with Gasteiger partial charge in [-0.3, -0.25) is 0 Å². The van der Waals surface area contributed by atoms with E-state index in [-0.39, 0.29) is 0 Å². The maximum atomic E-state index is 2.47. The molecule has 0 amide bonds. The number of nitrogens with zero attached hydrogens (tertiary/aromatic N) is 2. The van der Waals surface area contributed by atoms with Gasteiger partial charge in [0.05, 0.1) is 25.1 Å². The van der Waals surface area contributed by atoms with Crippen LogP contribution < -0.4 is 15.0 Å². The summed E-state index contributed by atoms with van der Waals surface area (Å²) in [5.74, 6) is 0. The average Bonchev–Trinajstić information content (AvgIpc) is 3.25. The van der Waals surface area contributed by atoms with Gasteiger partial charge in [-0.15, -0.1) is 0 Å². The van der Waals surface area contributed by atoms with Crippen LogP contribution in [-0.2, 0) is 0 Å². The number of para-hydroxylation sites is 3. The summed E-state index contributed by atoms with van der Waals surface area (Å²) >= 11 is 0. The van der Waals surface area contributed by atoms with E-state index in [1.54, 1.807) is 0 Å². The molecule has 0 aliphatic carbocycles. The van der Waals surface area contributed by atoms with E-state index in [9.17, 15) is 0 Å². The van der Waals surface area contributed by atoms with Crippen LogP contribution in [0.15, 0.2) is 200 Å². The first kappa shape index (κ1) is 33.9. The highest BCUT2D eigenvalue weighted by molar-refractivity contribution is 6.88. The smallest absolute Gasteiger partial charge is 0.0775 e. The van der Waals surface area contributed by atoms with Crippen molar-refractivity contribution in [3.63, 3.8) is 0 Å². The number of hydrogen-bond acceptors (Lipinski definition) is 2. The number of fused-ring (bicyclic) bond motifs is 3. The number of benzene rings is 10. The molecule has 0 heterocycles. The molecule has 0 aliphatic heterocycles. The van der Waals surface area contributed by atoms with Crippen molar-refractivity contribution >= 4 is 90.5 Å². The van der Waals surface area contributed by atoms with E-state index in [0.717, 1.165) is 28.4 Å². The van der Waals surface area contributed by atoms with Crippen LogP contribution in [0.4, 0.5) is 34.1 Å². The topological polar surface area (TPSA) is 6.48 Å². The fraction of sp³-hybridized carbons (Fsp3) is 0.0566. The molecule has 0 saturated carbocycles. The van der Waals surface area contributed by atoms with Gasteiger partial charge in [-0.25, -0.2) is 0 Å². The maximum absolute atomic E-state index is 2.47. The second-order valence-corrected chi connectivity index (χ2v) is 20.8. The normalized spacial score (nSPS) is 11.8. The standard InChI is InChI=1S/C53H42N2Si/c1-56(2,3)43-33-31-42(32-34-43)54(40-19-9-5-10-20-40)48-35-29-38-27-28-39-30-36-49(53-46-25-14-13-24-45(46)52(48)50(38)51(39)53)55(41-21-11-6-12-22-41)47-26-16-15-23-44(47)37-17-7-4-8-18-37/h4-36H,1-3H3. The molecule has 0 aliphatic rings. The highest BCUT2D eigenvalue weighted by atomic mass is 28.3. The molecule has 3 heteroatoms. The van der Waals surface area contributed by atoms with E-state index in [4.69, 9.17) is 0 Å². The van der Waals surface area contributed by atoms with E-state index in [1.165, 1.54) is 65.1 Å². The van der Waals surface area contributed by atoms with Crippen LogP contribution in [0.3, 0.4) is 0 Å². The van der Waals surface area contributed by atoms with Crippen molar-refractivity contribution < 1.29 is 0 Å². The lowest BCUT2D eigenvalue weighted by molar-refractivity contribution is 1.30. The van der Waals surface area contributed by atoms with Gasteiger partial charge < -0.3 is 9.80 Å². The molecule has 2 nitrogen and oxygen atoms in total. The minimum Gasteiger partial charge on any atom is -0.310 e. The largest absolute Gasteiger partial charge is 0.310 e. The molecular formula is C53H42N2Si. The monoisotopic (exact) mass is 734 g/mol. The van der Waals surface area contributed by atoms with Crippen LogP contribution in [0.2, 0.25) is 19.6 Å². The van der Waals surface area contributed by atoms with Crippen LogP contribution in [0, 0.1) is 0 Å². The molecule has 0 saturated heterocycles. The quantitative estimate of drug-likeness (QED) is 0.0871. The Morgan fingerprint density at radius 3 is 1.30 bits per heavy atom. The van der Waals surface area contributed by atoms with E-state index in [0.29, 0.717) is 0 Å². The summed E-state index contributed by atoms with van der Waals surface area (Å²) in [5.41, 5.74) is 9.27. The summed E-state index contributed by atoms with van der Waals surface area (Å²) in [6.45, 7) is 7.24. The molecule has 0 radical (unpaired) electrons. The molecule has 0 N–H and O–H groups in total. The van der Waals surface area contributed by atoms with Gasteiger partial charge >= 0.3 is 0 Å². The van der Waals surface area contributed by atoms with Crippen molar-refractivity contribution in [3.8, 4) is 11.1 Å². The number of anilines is 6. The van der Waals surface area contributed by atoms with E-state index < -0.39 is 8.07 Å². The molecule has 10 rings (SSSR count). The van der Waals surface area contributed by atoms with Crippen LogP contribution in [0.5, 0.6) is 0 Å². The second-order valence-electron chi connectivity index (χ2n) is 15.7. The fourth-order valence-electron chi connectivity index (χ4n) is 8.68. The number of rotatable bonds is 8. The molecule has 0 fully saturated rings. The molecule has 0 spiro atoms. The van der Waals surface area contributed by atoms with Crippen molar-refractivity contribution in [2.24, 2.45) is 0 Å². The Hall–Kier alpha value is -6.68. The lowest BCUT2D eigenvalue weighted by Crippen LogP contribution is -2.37. The van der Waals surface area contributed by atoms with Crippen molar-refractivity contribution in [2.75, 3.05) is 9.80 Å². The van der Waals surface area contributed by atoms with Gasteiger partial charge in [0.2, 0.25) is 0 Å². The second kappa shape index (κ2) is 13.6. The first-order valence-electron chi connectivity index (χ1n) is 19.5. The summed E-state index contributed by atoms with van der Waals surface area (Å²) in [6, 6.07) is 73.6. The Morgan fingerprint density at radius 2 is 0.750 bits per heavy atom. The van der Waals surface area contributed by atoms with Crippen LogP contribution in [0.25, 0.3) is 54.2 Å². The highest BCUT2D eigenvalue weighted by Crippen LogP contribution is 2.52. The van der Waals surface area contributed by atoms with Crippen molar-refractivity contribution in [2.45, 2.75) is 19.6 Å². The van der Waals surface area contributed by atoms with Gasteiger partial charge in [0.15, 0.2) is 0 Å². The fourth-order valence-corrected chi connectivity index (χ4v) is 9.85. The Balaban J connectivity index is 1.31. The van der Waals surface area contributed by atoms with Gasteiger partial charge in [-0.1, -0.05) is 170 Å². The first-order chi connectivity index (χ1) is 27.5. The third-order valence-electron chi connectivity index (χ3n) is 11.3. The van der Waals surface area contributed by atoms with Gasteiger partial charge in [-0.2, -0.15) is 0 Å². The maximum Gasteiger partial charge on any atom is 0.0775 e. The molecule has 0 unspecified atom stereocenters. The molecule has 56 heavy (non-hydrogen) atoms.